The van der Waals surface area contributed by atoms with Gasteiger partial charge in [-0.2, -0.15) is 0 Å². The van der Waals surface area contributed by atoms with E-state index in [4.69, 9.17) is 4.74 Å². The van der Waals surface area contributed by atoms with Crippen LogP contribution >= 0.6 is 11.3 Å². The third-order valence-corrected chi connectivity index (χ3v) is 5.29. The topological polar surface area (TPSA) is 88.3 Å². The van der Waals surface area contributed by atoms with Gasteiger partial charge in [-0.15, -0.1) is 0 Å². The lowest BCUT2D eigenvalue weighted by Crippen LogP contribution is -2.12. The van der Waals surface area contributed by atoms with Gasteiger partial charge in [0.05, 0.1) is 27.9 Å². The van der Waals surface area contributed by atoms with Crippen LogP contribution < -0.4 is 14.3 Å². The number of aromatic nitrogens is 1. The highest BCUT2D eigenvalue weighted by atomic mass is 32.2. The average Bonchev–Trinajstić information content (AvgIpc) is 2.86. The molecule has 0 bridgehead atoms. The molecule has 0 aliphatic carbocycles. The van der Waals surface area contributed by atoms with E-state index in [1.165, 1.54) is 19.2 Å². The predicted molar refractivity (Wildman–Crippen MR) is 86.2 cm³/mol. The molecule has 3 rings (SSSR count). The summed E-state index contributed by atoms with van der Waals surface area (Å²) in [5.41, 5.74) is 1.08. The van der Waals surface area contributed by atoms with Crippen LogP contribution in [0.5, 0.6) is 5.75 Å². The van der Waals surface area contributed by atoms with Crippen molar-refractivity contribution in [2.45, 2.75) is 4.90 Å². The van der Waals surface area contributed by atoms with E-state index >= 15 is 0 Å². The van der Waals surface area contributed by atoms with Crippen molar-refractivity contribution in [2.24, 2.45) is 0 Å². The van der Waals surface area contributed by atoms with Crippen LogP contribution in [0.2, 0.25) is 0 Å². The molecule has 2 aromatic carbocycles. The first-order chi connectivity index (χ1) is 10.5. The van der Waals surface area contributed by atoms with E-state index < -0.39 is 10.0 Å². The van der Waals surface area contributed by atoms with Gasteiger partial charge in [0.25, 0.3) is 10.0 Å². The van der Waals surface area contributed by atoms with E-state index in [0.717, 1.165) is 11.3 Å². The zero-order valence-corrected chi connectivity index (χ0v) is 13.1. The van der Waals surface area contributed by atoms with Gasteiger partial charge in [0.1, 0.15) is 5.75 Å². The predicted octanol–water partition coefficient (Wildman–Crippen LogP) is 2.40. The van der Waals surface area contributed by atoms with Crippen LogP contribution in [0.15, 0.2) is 52.2 Å². The molecule has 0 amide bonds. The second-order valence-corrected chi connectivity index (χ2v) is 7.20. The summed E-state index contributed by atoms with van der Waals surface area (Å²) in [6.07, 6.45) is 0. The van der Waals surface area contributed by atoms with Crippen molar-refractivity contribution < 1.29 is 13.2 Å². The SMILES string of the molecule is COc1ccc(S(=O)(=O)Nc2ccc3[nH]c(=O)sc3c2)cc1. The Bertz CT molecular complexity index is 972. The number of fused-ring (bicyclic) bond motifs is 1. The molecule has 22 heavy (non-hydrogen) atoms. The molecule has 0 saturated carbocycles. The molecule has 114 valence electrons. The lowest BCUT2D eigenvalue weighted by atomic mass is 10.3. The highest BCUT2D eigenvalue weighted by Gasteiger charge is 2.14. The molecule has 1 aromatic heterocycles. The van der Waals surface area contributed by atoms with E-state index in [1.54, 1.807) is 30.3 Å². The van der Waals surface area contributed by atoms with E-state index in [0.29, 0.717) is 21.7 Å². The molecule has 2 N–H and O–H groups in total. The first-order valence-electron chi connectivity index (χ1n) is 6.28. The Morgan fingerprint density at radius 2 is 1.86 bits per heavy atom. The van der Waals surface area contributed by atoms with Crippen LogP contribution in [0, 0.1) is 0 Å². The number of benzene rings is 2. The standard InChI is InChI=1S/C14H12N2O4S2/c1-20-10-3-5-11(6-4-10)22(18,19)16-9-2-7-12-13(8-9)21-14(17)15-12/h2-8,16H,1H3,(H,15,17). The van der Waals surface area contributed by atoms with Crippen molar-refractivity contribution in [2.75, 3.05) is 11.8 Å². The van der Waals surface area contributed by atoms with Gasteiger partial charge < -0.3 is 9.72 Å². The number of H-pyrrole nitrogens is 1. The van der Waals surface area contributed by atoms with E-state index in [1.807, 2.05) is 0 Å². The Balaban J connectivity index is 1.92. The Kier molecular flexibility index (Phi) is 3.63. The molecule has 0 radical (unpaired) electrons. The number of aromatic amines is 1. The maximum absolute atomic E-state index is 12.3. The number of hydrogen-bond donors (Lipinski definition) is 2. The summed E-state index contributed by atoms with van der Waals surface area (Å²) in [4.78, 5) is 13.9. The van der Waals surface area contributed by atoms with E-state index in [9.17, 15) is 13.2 Å². The molecular weight excluding hydrogens is 324 g/mol. The fourth-order valence-corrected chi connectivity index (χ4v) is 3.80. The molecule has 0 atom stereocenters. The van der Waals surface area contributed by atoms with Crippen molar-refractivity contribution in [3.63, 3.8) is 0 Å². The molecule has 0 aliphatic heterocycles. The monoisotopic (exact) mass is 336 g/mol. The third kappa shape index (κ3) is 2.83. The van der Waals surface area contributed by atoms with Gasteiger partial charge in [0.2, 0.25) is 0 Å². The van der Waals surface area contributed by atoms with Crippen molar-refractivity contribution >= 4 is 37.3 Å². The number of nitrogens with one attached hydrogen (secondary N) is 2. The Hall–Kier alpha value is -2.32. The number of methoxy groups -OCH3 is 1. The van der Waals surface area contributed by atoms with Gasteiger partial charge in [0.15, 0.2) is 0 Å². The van der Waals surface area contributed by atoms with Crippen LogP contribution in [0.3, 0.4) is 0 Å². The van der Waals surface area contributed by atoms with Gasteiger partial charge in [-0.1, -0.05) is 11.3 Å². The number of rotatable bonds is 4. The molecular formula is C14H12N2O4S2. The fourth-order valence-electron chi connectivity index (χ4n) is 1.98. The molecule has 1 heterocycles. The smallest absolute Gasteiger partial charge is 0.305 e. The van der Waals surface area contributed by atoms with Gasteiger partial charge >= 0.3 is 4.87 Å². The van der Waals surface area contributed by atoms with Crippen molar-refractivity contribution in [1.82, 2.24) is 4.98 Å². The lowest BCUT2D eigenvalue weighted by Gasteiger charge is -2.08. The Morgan fingerprint density at radius 3 is 2.55 bits per heavy atom. The number of anilines is 1. The van der Waals surface area contributed by atoms with E-state index in [2.05, 4.69) is 9.71 Å². The fraction of sp³-hybridized carbons (Fsp3) is 0.0714. The molecule has 0 fully saturated rings. The zero-order chi connectivity index (χ0) is 15.7. The number of ether oxygens (including phenoxy) is 1. The zero-order valence-electron chi connectivity index (χ0n) is 11.5. The summed E-state index contributed by atoms with van der Waals surface area (Å²) < 4.78 is 32.8. The molecule has 0 spiro atoms. The second kappa shape index (κ2) is 5.47. The normalized spacial score (nSPS) is 11.5. The molecule has 6 nitrogen and oxygen atoms in total. The van der Waals surface area contributed by atoms with Crippen LogP contribution in [0.4, 0.5) is 5.69 Å². The summed E-state index contributed by atoms with van der Waals surface area (Å²) in [6, 6.07) is 11.0. The van der Waals surface area contributed by atoms with Crippen LogP contribution in [-0.2, 0) is 10.0 Å². The van der Waals surface area contributed by atoms with Crippen molar-refractivity contribution in [1.29, 1.82) is 0 Å². The summed E-state index contributed by atoms with van der Waals surface area (Å²) >= 11 is 1.03. The summed E-state index contributed by atoms with van der Waals surface area (Å²) in [7, 11) is -2.18. The van der Waals surface area contributed by atoms with Gasteiger partial charge in [-0.3, -0.25) is 9.52 Å². The molecule has 8 heteroatoms. The highest BCUT2D eigenvalue weighted by molar-refractivity contribution is 7.92. The highest BCUT2D eigenvalue weighted by Crippen LogP contribution is 2.23. The summed E-state index contributed by atoms with van der Waals surface area (Å²) in [5, 5.41) is 0. The van der Waals surface area contributed by atoms with Gasteiger partial charge in [-0.25, -0.2) is 8.42 Å². The first kappa shape index (κ1) is 14.6. The molecule has 0 aliphatic rings. The maximum Gasteiger partial charge on any atom is 0.305 e. The summed E-state index contributed by atoms with van der Waals surface area (Å²) in [6.45, 7) is 0. The van der Waals surface area contributed by atoms with Crippen LogP contribution in [0.25, 0.3) is 10.2 Å². The minimum atomic E-state index is -3.69. The largest absolute Gasteiger partial charge is 0.497 e. The number of hydrogen-bond acceptors (Lipinski definition) is 5. The maximum atomic E-state index is 12.3. The van der Waals surface area contributed by atoms with Gasteiger partial charge in [-0.05, 0) is 42.5 Å². The Morgan fingerprint density at radius 1 is 1.14 bits per heavy atom. The average molecular weight is 336 g/mol. The van der Waals surface area contributed by atoms with Crippen LogP contribution in [0.1, 0.15) is 0 Å². The van der Waals surface area contributed by atoms with E-state index in [-0.39, 0.29) is 9.77 Å². The van der Waals surface area contributed by atoms with Crippen LogP contribution in [-0.4, -0.2) is 20.5 Å². The minimum Gasteiger partial charge on any atom is -0.497 e. The molecule has 0 unspecified atom stereocenters. The summed E-state index contributed by atoms with van der Waals surface area (Å²) in [5.74, 6) is 0.581. The quantitative estimate of drug-likeness (QED) is 0.766. The van der Waals surface area contributed by atoms with Crippen molar-refractivity contribution in [3.8, 4) is 5.75 Å². The van der Waals surface area contributed by atoms with Gasteiger partial charge in [0, 0.05) is 0 Å². The lowest BCUT2D eigenvalue weighted by molar-refractivity contribution is 0.414. The third-order valence-electron chi connectivity index (χ3n) is 3.04. The second-order valence-electron chi connectivity index (χ2n) is 4.51. The minimum absolute atomic E-state index is 0.135. The number of thiazole rings is 1. The number of sulfonamides is 1. The molecule has 3 aromatic rings. The first-order valence-corrected chi connectivity index (χ1v) is 8.58. The van der Waals surface area contributed by atoms with Crippen molar-refractivity contribution in [3.05, 3.63) is 52.1 Å². The molecule has 0 saturated heterocycles. The Labute approximate surface area is 130 Å².